The Labute approximate surface area is 124 Å². The van der Waals surface area contributed by atoms with Gasteiger partial charge in [0.05, 0.1) is 13.3 Å². The van der Waals surface area contributed by atoms with Gasteiger partial charge in [-0.1, -0.05) is 37.3 Å². The molecule has 0 bridgehead atoms. The molecule has 0 aliphatic heterocycles. The van der Waals surface area contributed by atoms with E-state index >= 15 is 0 Å². The third kappa shape index (κ3) is 3.40. The van der Waals surface area contributed by atoms with E-state index in [0.29, 0.717) is 5.69 Å². The molecule has 0 aliphatic rings. The molecule has 1 heterocycles. The summed E-state index contributed by atoms with van der Waals surface area (Å²) in [4.78, 5) is 22.6. The predicted molar refractivity (Wildman–Crippen MR) is 79.4 cm³/mol. The largest absolute Gasteiger partial charge is 0.452 e. The third-order valence-electron chi connectivity index (χ3n) is 3.50. The van der Waals surface area contributed by atoms with Crippen molar-refractivity contribution in [1.29, 1.82) is 0 Å². The van der Waals surface area contributed by atoms with Gasteiger partial charge in [0.15, 0.2) is 0 Å². The summed E-state index contributed by atoms with van der Waals surface area (Å²) in [6.07, 6.45) is 4.14. The lowest BCUT2D eigenvalue weighted by atomic mass is 9.93. The first-order valence-corrected chi connectivity index (χ1v) is 6.85. The van der Waals surface area contributed by atoms with Crippen LogP contribution >= 0.6 is 0 Å². The summed E-state index contributed by atoms with van der Waals surface area (Å²) < 4.78 is 5.99. The molecule has 21 heavy (non-hydrogen) atoms. The molecule has 1 unspecified atom stereocenters. The highest BCUT2D eigenvalue weighted by atomic mass is 16.5. The lowest BCUT2D eigenvalue weighted by Crippen LogP contribution is -2.15. The molecule has 0 N–H and O–H groups in total. The summed E-state index contributed by atoms with van der Waals surface area (Å²) >= 11 is 0. The van der Waals surface area contributed by atoms with Gasteiger partial charge in [-0.2, -0.15) is 0 Å². The van der Waals surface area contributed by atoms with E-state index in [0.717, 1.165) is 18.3 Å². The van der Waals surface area contributed by atoms with Crippen LogP contribution in [0.15, 0.2) is 36.4 Å². The molecule has 1 aromatic carbocycles. The van der Waals surface area contributed by atoms with Crippen molar-refractivity contribution >= 4 is 12.4 Å². The molecule has 0 amide bonds. The minimum atomic E-state index is -0.523. The van der Waals surface area contributed by atoms with Gasteiger partial charge >= 0.3 is 6.09 Å². The van der Waals surface area contributed by atoms with Crippen molar-refractivity contribution < 1.29 is 14.3 Å². The summed E-state index contributed by atoms with van der Waals surface area (Å²) in [6.45, 7) is 2.08. The zero-order valence-electron chi connectivity index (χ0n) is 12.2. The second kappa shape index (κ2) is 6.88. The predicted octanol–water partition coefficient (Wildman–Crippen LogP) is 2.99. The van der Waals surface area contributed by atoms with Gasteiger partial charge in [0.1, 0.15) is 6.29 Å². The van der Waals surface area contributed by atoms with Gasteiger partial charge in [-0.05, 0) is 29.5 Å². The molecule has 0 saturated carbocycles. The Morgan fingerprint density at radius 1 is 1.38 bits per heavy atom. The maximum absolute atomic E-state index is 11.7. The SMILES string of the molecule is COC(=O)n1[c]cc(C(C)Cc2ccccc2)c1CC=O. The fourth-order valence-corrected chi connectivity index (χ4v) is 2.47. The van der Waals surface area contributed by atoms with E-state index in [2.05, 4.69) is 25.3 Å². The van der Waals surface area contributed by atoms with Crippen LogP contribution in [0.25, 0.3) is 0 Å². The summed E-state index contributed by atoms with van der Waals surface area (Å²) in [6, 6.07) is 11.9. The van der Waals surface area contributed by atoms with Crippen LogP contribution in [0, 0.1) is 6.20 Å². The van der Waals surface area contributed by atoms with Crippen molar-refractivity contribution in [2.45, 2.75) is 25.7 Å². The van der Waals surface area contributed by atoms with E-state index in [1.165, 1.54) is 17.2 Å². The number of rotatable bonds is 5. The third-order valence-corrected chi connectivity index (χ3v) is 3.50. The smallest absolute Gasteiger partial charge is 0.418 e. The second-order valence-corrected chi connectivity index (χ2v) is 4.94. The van der Waals surface area contributed by atoms with Gasteiger partial charge in [-0.25, -0.2) is 9.36 Å². The minimum Gasteiger partial charge on any atom is -0.452 e. The number of benzene rings is 1. The number of nitrogens with zero attached hydrogens (tertiary/aromatic N) is 1. The number of carbonyl (C=O) groups is 2. The molecule has 2 rings (SSSR count). The van der Waals surface area contributed by atoms with Gasteiger partial charge in [-0.3, -0.25) is 0 Å². The first kappa shape index (κ1) is 15.0. The zero-order chi connectivity index (χ0) is 15.2. The normalized spacial score (nSPS) is 11.9. The molecule has 0 saturated heterocycles. The van der Waals surface area contributed by atoms with E-state index in [1.54, 1.807) is 6.07 Å². The standard InChI is InChI=1S/C17H18NO3/c1-13(12-14-6-4-3-5-7-14)15-8-10-18(17(20)21-2)16(15)9-11-19/h3-8,11,13H,9,12H2,1-2H3. The Hall–Kier alpha value is -2.36. The highest BCUT2D eigenvalue weighted by Crippen LogP contribution is 2.25. The monoisotopic (exact) mass is 284 g/mol. The van der Waals surface area contributed by atoms with Crippen LogP contribution in [0.5, 0.6) is 0 Å². The van der Waals surface area contributed by atoms with Crippen LogP contribution in [0.4, 0.5) is 4.79 Å². The van der Waals surface area contributed by atoms with Crippen molar-refractivity contribution in [3.05, 3.63) is 59.4 Å². The highest BCUT2D eigenvalue weighted by molar-refractivity contribution is 5.73. The number of carbonyl (C=O) groups excluding carboxylic acids is 2. The first-order valence-electron chi connectivity index (χ1n) is 6.85. The van der Waals surface area contributed by atoms with E-state index in [9.17, 15) is 9.59 Å². The van der Waals surface area contributed by atoms with Gasteiger partial charge in [-0.15, -0.1) is 0 Å². The summed E-state index contributed by atoms with van der Waals surface area (Å²) in [7, 11) is 1.31. The molecule has 0 aliphatic carbocycles. The number of methoxy groups -OCH3 is 1. The van der Waals surface area contributed by atoms with Crippen molar-refractivity contribution in [3.8, 4) is 0 Å². The molecule has 0 fully saturated rings. The fourth-order valence-electron chi connectivity index (χ4n) is 2.47. The van der Waals surface area contributed by atoms with Gasteiger partial charge in [0, 0.05) is 12.1 Å². The summed E-state index contributed by atoms with van der Waals surface area (Å²) in [5, 5.41) is 0. The van der Waals surface area contributed by atoms with Crippen molar-refractivity contribution in [3.63, 3.8) is 0 Å². The number of ether oxygens (including phenoxy) is 1. The molecular weight excluding hydrogens is 266 g/mol. The number of aromatic nitrogens is 1. The second-order valence-electron chi connectivity index (χ2n) is 4.94. The van der Waals surface area contributed by atoms with Crippen LogP contribution in [0.2, 0.25) is 0 Å². The molecule has 2 aromatic rings. The zero-order valence-corrected chi connectivity index (χ0v) is 12.2. The Kier molecular flexibility index (Phi) is 4.93. The van der Waals surface area contributed by atoms with Gasteiger partial charge < -0.3 is 9.53 Å². The van der Waals surface area contributed by atoms with Crippen LogP contribution in [-0.2, 0) is 22.4 Å². The molecule has 109 valence electrons. The fraction of sp³-hybridized carbons (Fsp3) is 0.294. The van der Waals surface area contributed by atoms with Crippen LogP contribution in [-0.4, -0.2) is 24.1 Å². The number of hydrogen-bond acceptors (Lipinski definition) is 3. The topological polar surface area (TPSA) is 48.3 Å². The van der Waals surface area contributed by atoms with Crippen molar-refractivity contribution in [2.75, 3.05) is 7.11 Å². The van der Waals surface area contributed by atoms with Gasteiger partial charge in [0.25, 0.3) is 0 Å². The summed E-state index contributed by atoms with van der Waals surface area (Å²) in [5.41, 5.74) is 2.82. The van der Waals surface area contributed by atoms with Crippen molar-refractivity contribution in [1.82, 2.24) is 4.57 Å². The van der Waals surface area contributed by atoms with Gasteiger partial charge in [0.2, 0.25) is 0 Å². The van der Waals surface area contributed by atoms with E-state index in [4.69, 9.17) is 4.74 Å². The Morgan fingerprint density at radius 3 is 2.71 bits per heavy atom. The quantitative estimate of drug-likeness (QED) is 0.793. The Bertz CT molecular complexity index is 616. The lowest BCUT2D eigenvalue weighted by Gasteiger charge is -2.13. The summed E-state index contributed by atoms with van der Waals surface area (Å²) in [5.74, 6) is 0.185. The average molecular weight is 284 g/mol. The minimum absolute atomic E-state index is 0.174. The average Bonchev–Trinajstić information content (AvgIpc) is 2.92. The van der Waals surface area contributed by atoms with Crippen LogP contribution in [0.3, 0.4) is 0 Å². The molecule has 1 aromatic heterocycles. The Morgan fingerprint density at radius 2 is 2.10 bits per heavy atom. The Balaban J connectivity index is 2.28. The van der Waals surface area contributed by atoms with E-state index < -0.39 is 6.09 Å². The molecule has 4 heteroatoms. The molecule has 1 radical (unpaired) electrons. The molecule has 0 spiro atoms. The first-order chi connectivity index (χ1) is 10.2. The van der Waals surface area contributed by atoms with Crippen LogP contribution in [0.1, 0.15) is 29.7 Å². The molecule has 4 nitrogen and oxygen atoms in total. The molecule has 1 atom stereocenters. The molecular formula is C17H18NO3. The van der Waals surface area contributed by atoms with E-state index in [1.807, 2.05) is 18.2 Å². The maximum Gasteiger partial charge on any atom is 0.418 e. The van der Waals surface area contributed by atoms with Crippen LogP contribution < -0.4 is 0 Å². The maximum atomic E-state index is 11.7. The number of aldehydes is 1. The van der Waals surface area contributed by atoms with Crippen molar-refractivity contribution in [2.24, 2.45) is 0 Å². The number of hydrogen-bond donors (Lipinski definition) is 0. The van der Waals surface area contributed by atoms with E-state index in [-0.39, 0.29) is 12.3 Å². The highest BCUT2D eigenvalue weighted by Gasteiger charge is 2.19. The lowest BCUT2D eigenvalue weighted by molar-refractivity contribution is -0.107.